The van der Waals surface area contributed by atoms with Crippen LogP contribution in [0.15, 0.2) is 21.3 Å². The van der Waals surface area contributed by atoms with Crippen LogP contribution in [0.4, 0.5) is 0 Å². The van der Waals surface area contributed by atoms with Gasteiger partial charge >= 0.3 is 0 Å². The highest BCUT2D eigenvalue weighted by atomic mass is 79.9. The molecule has 0 aliphatic heterocycles. The van der Waals surface area contributed by atoms with E-state index >= 15 is 0 Å². The summed E-state index contributed by atoms with van der Waals surface area (Å²) < 4.78 is 1.02. The lowest BCUT2D eigenvalue weighted by atomic mass is 10.1. The summed E-state index contributed by atoms with van der Waals surface area (Å²) in [6.45, 7) is 4.07. The third kappa shape index (κ3) is 2.14. The Balaban J connectivity index is 2.43. The van der Waals surface area contributed by atoms with Crippen LogP contribution in [-0.4, -0.2) is 5.78 Å². The highest BCUT2D eigenvalue weighted by molar-refractivity contribution is 9.11. The average Bonchev–Trinajstić information content (AvgIpc) is 2.83. The molecule has 0 N–H and O–H groups in total. The normalized spacial score (nSPS) is 10.7. The molecule has 84 valence electrons. The second-order valence-corrected chi connectivity index (χ2v) is 7.03. The van der Waals surface area contributed by atoms with Gasteiger partial charge in [0.2, 0.25) is 5.78 Å². The molecule has 0 unspecified atom stereocenters. The second-order valence-electron chi connectivity index (χ2n) is 3.48. The SMILES string of the molecule is CCc1ccsc1C(=O)c1cc(Br)sc1C. The largest absolute Gasteiger partial charge is 0.288 e. The van der Waals surface area contributed by atoms with Crippen LogP contribution in [0.3, 0.4) is 0 Å². The summed E-state index contributed by atoms with van der Waals surface area (Å²) in [7, 11) is 0. The van der Waals surface area contributed by atoms with Gasteiger partial charge in [0.15, 0.2) is 0 Å². The van der Waals surface area contributed by atoms with Gasteiger partial charge in [-0.15, -0.1) is 22.7 Å². The number of hydrogen-bond donors (Lipinski definition) is 0. The number of carbonyl (C=O) groups excluding carboxylic acids is 1. The van der Waals surface area contributed by atoms with Crippen LogP contribution in [0.5, 0.6) is 0 Å². The Morgan fingerprint density at radius 2 is 2.25 bits per heavy atom. The molecule has 0 atom stereocenters. The standard InChI is InChI=1S/C12H11BrOS2/c1-3-8-4-5-15-12(8)11(14)9-6-10(13)16-7(9)2/h4-6H,3H2,1-2H3. The van der Waals surface area contributed by atoms with E-state index in [2.05, 4.69) is 22.9 Å². The van der Waals surface area contributed by atoms with Gasteiger partial charge in [0.05, 0.1) is 8.66 Å². The summed E-state index contributed by atoms with van der Waals surface area (Å²) in [5.74, 6) is 0.159. The monoisotopic (exact) mass is 314 g/mol. The van der Waals surface area contributed by atoms with Crippen LogP contribution in [0.25, 0.3) is 0 Å². The zero-order valence-electron chi connectivity index (χ0n) is 9.04. The zero-order valence-corrected chi connectivity index (χ0v) is 12.3. The Kier molecular flexibility index (Phi) is 3.62. The molecule has 0 fully saturated rings. The van der Waals surface area contributed by atoms with Crippen LogP contribution in [0, 0.1) is 6.92 Å². The fourth-order valence-electron chi connectivity index (χ4n) is 1.61. The van der Waals surface area contributed by atoms with Gasteiger partial charge in [-0.2, -0.15) is 0 Å². The molecule has 0 saturated carbocycles. The highest BCUT2D eigenvalue weighted by Crippen LogP contribution is 2.30. The van der Waals surface area contributed by atoms with Crippen LogP contribution >= 0.6 is 38.6 Å². The van der Waals surface area contributed by atoms with E-state index in [1.807, 2.05) is 24.4 Å². The predicted molar refractivity (Wildman–Crippen MR) is 73.9 cm³/mol. The number of halogens is 1. The molecular weight excluding hydrogens is 304 g/mol. The van der Waals surface area contributed by atoms with Gasteiger partial charge in [-0.05, 0) is 52.4 Å². The molecule has 2 aromatic heterocycles. The van der Waals surface area contributed by atoms with E-state index in [0.29, 0.717) is 0 Å². The van der Waals surface area contributed by atoms with Crippen molar-refractivity contribution in [3.8, 4) is 0 Å². The molecule has 0 radical (unpaired) electrons. The minimum absolute atomic E-state index is 0.159. The quantitative estimate of drug-likeness (QED) is 0.752. The molecule has 0 aliphatic rings. The maximum Gasteiger partial charge on any atom is 0.204 e. The predicted octanol–water partition coefficient (Wildman–Crippen LogP) is 4.67. The lowest BCUT2D eigenvalue weighted by Gasteiger charge is -1.99. The summed E-state index contributed by atoms with van der Waals surface area (Å²) in [6.07, 6.45) is 0.912. The van der Waals surface area contributed by atoms with Crippen molar-refractivity contribution in [3.63, 3.8) is 0 Å². The minimum atomic E-state index is 0.159. The van der Waals surface area contributed by atoms with Gasteiger partial charge in [0, 0.05) is 10.4 Å². The molecule has 0 amide bonds. The van der Waals surface area contributed by atoms with Crippen LogP contribution in [0.1, 0.15) is 32.6 Å². The van der Waals surface area contributed by atoms with Crippen molar-refractivity contribution >= 4 is 44.4 Å². The van der Waals surface area contributed by atoms with Crippen molar-refractivity contribution in [2.75, 3.05) is 0 Å². The second kappa shape index (κ2) is 4.82. The van der Waals surface area contributed by atoms with E-state index in [0.717, 1.165) is 31.1 Å². The van der Waals surface area contributed by atoms with Gasteiger partial charge in [-0.25, -0.2) is 0 Å². The molecule has 0 bridgehead atoms. The Morgan fingerprint density at radius 1 is 1.50 bits per heavy atom. The molecule has 2 rings (SSSR count). The van der Waals surface area contributed by atoms with E-state index < -0.39 is 0 Å². The van der Waals surface area contributed by atoms with E-state index in [1.165, 1.54) is 11.3 Å². The van der Waals surface area contributed by atoms with E-state index in [1.54, 1.807) is 11.3 Å². The topological polar surface area (TPSA) is 17.1 Å². The number of hydrogen-bond acceptors (Lipinski definition) is 3. The lowest BCUT2D eigenvalue weighted by molar-refractivity contribution is 0.104. The first-order valence-corrected chi connectivity index (χ1v) is 7.49. The fraction of sp³-hybridized carbons (Fsp3) is 0.250. The van der Waals surface area contributed by atoms with Crippen molar-refractivity contribution < 1.29 is 4.79 Å². The van der Waals surface area contributed by atoms with Crippen molar-refractivity contribution in [1.29, 1.82) is 0 Å². The van der Waals surface area contributed by atoms with Gasteiger partial charge in [0.25, 0.3) is 0 Å². The van der Waals surface area contributed by atoms with Crippen LogP contribution < -0.4 is 0 Å². The summed E-state index contributed by atoms with van der Waals surface area (Å²) in [5, 5.41) is 1.99. The van der Waals surface area contributed by atoms with Gasteiger partial charge in [-0.3, -0.25) is 4.79 Å². The van der Waals surface area contributed by atoms with E-state index in [9.17, 15) is 4.79 Å². The minimum Gasteiger partial charge on any atom is -0.288 e. The molecule has 2 aromatic rings. The Bertz CT molecular complexity index is 525. The van der Waals surface area contributed by atoms with Crippen LogP contribution in [-0.2, 0) is 6.42 Å². The summed E-state index contributed by atoms with van der Waals surface area (Å²) in [5.41, 5.74) is 1.98. The maximum atomic E-state index is 12.3. The molecule has 0 saturated heterocycles. The zero-order chi connectivity index (χ0) is 11.7. The lowest BCUT2D eigenvalue weighted by Crippen LogP contribution is -2.01. The highest BCUT2D eigenvalue weighted by Gasteiger charge is 2.18. The molecular formula is C12H11BrOS2. The third-order valence-electron chi connectivity index (χ3n) is 2.47. The first kappa shape index (κ1) is 12.0. The molecule has 1 nitrogen and oxygen atoms in total. The van der Waals surface area contributed by atoms with Gasteiger partial charge in [-0.1, -0.05) is 6.92 Å². The Labute approximate surface area is 111 Å². The first-order chi connectivity index (χ1) is 7.63. The number of carbonyl (C=O) groups is 1. The summed E-state index contributed by atoms with van der Waals surface area (Å²) in [4.78, 5) is 14.3. The first-order valence-electron chi connectivity index (χ1n) is 5.00. The molecule has 16 heavy (non-hydrogen) atoms. The van der Waals surface area contributed by atoms with Crippen molar-refractivity contribution in [2.24, 2.45) is 0 Å². The van der Waals surface area contributed by atoms with Crippen LogP contribution in [0.2, 0.25) is 0 Å². The van der Waals surface area contributed by atoms with Crippen molar-refractivity contribution in [3.05, 3.63) is 42.2 Å². The fourth-order valence-corrected chi connectivity index (χ4v) is 4.24. The third-order valence-corrected chi connectivity index (χ3v) is 4.98. The number of ketones is 1. The summed E-state index contributed by atoms with van der Waals surface area (Å²) in [6, 6.07) is 3.95. The smallest absolute Gasteiger partial charge is 0.204 e. The molecule has 2 heterocycles. The number of thiophene rings is 2. The number of rotatable bonds is 3. The number of aryl methyl sites for hydroxylation is 2. The van der Waals surface area contributed by atoms with Gasteiger partial charge < -0.3 is 0 Å². The molecule has 0 aliphatic carbocycles. The molecule has 0 spiro atoms. The van der Waals surface area contributed by atoms with E-state index in [-0.39, 0.29) is 5.78 Å². The van der Waals surface area contributed by atoms with Crippen molar-refractivity contribution in [1.82, 2.24) is 0 Å². The average molecular weight is 315 g/mol. The van der Waals surface area contributed by atoms with E-state index in [4.69, 9.17) is 0 Å². The molecule has 4 heteroatoms. The van der Waals surface area contributed by atoms with Gasteiger partial charge in [0.1, 0.15) is 0 Å². The molecule has 0 aromatic carbocycles. The maximum absolute atomic E-state index is 12.3. The Hall–Kier alpha value is -0.450. The summed E-state index contributed by atoms with van der Waals surface area (Å²) >= 11 is 6.56. The Morgan fingerprint density at radius 3 is 2.81 bits per heavy atom. The van der Waals surface area contributed by atoms with Crippen molar-refractivity contribution in [2.45, 2.75) is 20.3 Å².